The van der Waals surface area contributed by atoms with Crippen LogP contribution in [0.1, 0.15) is 25.5 Å². The van der Waals surface area contributed by atoms with E-state index >= 15 is 0 Å². The van der Waals surface area contributed by atoms with Gasteiger partial charge in [-0.1, -0.05) is 0 Å². The van der Waals surface area contributed by atoms with Gasteiger partial charge < -0.3 is 5.32 Å². The molecule has 8 nitrogen and oxygen atoms in total. The van der Waals surface area contributed by atoms with Gasteiger partial charge in [0.15, 0.2) is 5.82 Å². The first-order chi connectivity index (χ1) is 14.5. The van der Waals surface area contributed by atoms with Gasteiger partial charge in [0.1, 0.15) is 12.2 Å². The summed E-state index contributed by atoms with van der Waals surface area (Å²) in [5.41, 5.74) is 3.00. The normalized spacial score (nSPS) is 20.3. The molecule has 9 heteroatoms. The van der Waals surface area contributed by atoms with Gasteiger partial charge in [-0.25, -0.2) is 9.89 Å². The summed E-state index contributed by atoms with van der Waals surface area (Å²) in [7, 11) is 0. The second-order valence-electron chi connectivity index (χ2n) is 7.82. The molecular formula is C21H24N7OS+. The highest BCUT2D eigenvalue weighted by Gasteiger charge is 2.35. The number of aromatic nitrogens is 2. The number of fused-ring (bicyclic) bond motifs is 1. The van der Waals surface area contributed by atoms with Crippen LogP contribution in [0.15, 0.2) is 64.1 Å². The van der Waals surface area contributed by atoms with E-state index in [1.807, 2.05) is 43.5 Å². The van der Waals surface area contributed by atoms with Crippen LogP contribution in [0, 0.1) is 12.8 Å². The minimum atomic E-state index is 0.129. The SMILES string of the molecule is CC1=CN=C2CN(Sc3ccc(NC(=O)C4CC4)cc3)C=C(Nc3cc(C)[nH]n3)[NH+]12. The van der Waals surface area contributed by atoms with E-state index in [4.69, 9.17) is 0 Å². The summed E-state index contributed by atoms with van der Waals surface area (Å²) in [6.45, 7) is 4.78. The molecule has 1 aliphatic carbocycles. The molecular weight excluding hydrogens is 398 g/mol. The molecule has 1 unspecified atom stereocenters. The third kappa shape index (κ3) is 3.99. The van der Waals surface area contributed by atoms with E-state index in [1.54, 1.807) is 11.9 Å². The Bertz CT molecular complexity index is 1070. The number of H-pyrrole nitrogens is 1. The van der Waals surface area contributed by atoms with Crippen molar-refractivity contribution in [3.05, 3.63) is 59.9 Å². The number of rotatable bonds is 6. The fourth-order valence-corrected chi connectivity index (χ4v) is 4.39. The maximum atomic E-state index is 11.9. The van der Waals surface area contributed by atoms with Crippen molar-refractivity contribution in [3.8, 4) is 0 Å². The van der Waals surface area contributed by atoms with E-state index in [0.717, 1.165) is 63.7 Å². The fraction of sp³-hybridized carbons (Fsp3) is 0.286. The lowest BCUT2D eigenvalue weighted by Crippen LogP contribution is -3.12. The van der Waals surface area contributed by atoms with E-state index in [1.165, 1.54) is 0 Å². The lowest BCUT2D eigenvalue weighted by Gasteiger charge is -2.29. The van der Waals surface area contributed by atoms with Crippen molar-refractivity contribution in [2.75, 3.05) is 17.2 Å². The molecule has 0 bridgehead atoms. The number of aromatic amines is 1. The molecule has 2 aliphatic heterocycles. The highest BCUT2D eigenvalue weighted by molar-refractivity contribution is 7.97. The first-order valence-electron chi connectivity index (χ1n) is 10.0. The van der Waals surface area contributed by atoms with Crippen LogP contribution >= 0.6 is 11.9 Å². The third-order valence-corrected chi connectivity index (χ3v) is 6.16. The van der Waals surface area contributed by atoms with Crippen molar-refractivity contribution in [2.45, 2.75) is 31.6 Å². The third-order valence-electron chi connectivity index (χ3n) is 5.21. The number of carbonyl (C=O) groups is 1. The van der Waals surface area contributed by atoms with Crippen LogP contribution in [0.4, 0.5) is 11.5 Å². The van der Waals surface area contributed by atoms with Crippen molar-refractivity contribution in [3.63, 3.8) is 0 Å². The Labute approximate surface area is 179 Å². The highest BCUT2D eigenvalue weighted by Crippen LogP contribution is 2.31. The summed E-state index contributed by atoms with van der Waals surface area (Å²) in [5.74, 6) is 3.15. The van der Waals surface area contributed by atoms with Crippen molar-refractivity contribution in [1.82, 2.24) is 14.5 Å². The largest absolute Gasteiger partial charge is 0.326 e. The number of amides is 1. The van der Waals surface area contributed by atoms with E-state index in [0.29, 0.717) is 0 Å². The predicted octanol–water partition coefficient (Wildman–Crippen LogP) is 2.46. The molecule has 1 aromatic carbocycles. The Balaban J connectivity index is 1.31. The Morgan fingerprint density at radius 1 is 1.27 bits per heavy atom. The zero-order chi connectivity index (χ0) is 20.7. The van der Waals surface area contributed by atoms with E-state index in [2.05, 4.69) is 43.3 Å². The predicted molar refractivity (Wildman–Crippen MR) is 118 cm³/mol. The molecule has 5 rings (SSSR count). The molecule has 2 aromatic rings. The number of quaternary nitrogens is 1. The number of hydrogen-bond acceptors (Lipinski definition) is 6. The Morgan fingerprint density at radius 2 is 2.07 bits per heavy atom. The summed E-state index contributed by atoms with van der Waals surface area (Å²) < 4.78 is 2.16. The Morgan fingerprint density at radius 3 is 2.77 bits per heavy atom. The lowest BCUT2D eigenvalue weighted by atomic mass is 10.3. The molecule has 4 N–H and O–H groups in total. The van der Waals surface area contributed by atoms with Crippen molar-refractivity contribution in [2.24, 2.45) is 10.9 Å². The van der Waals surface area contributed by atoms with Gasteiger partial charge in [0, 0.05) is 35.2 Å². The molecule has 0 radical (unpaired) electrons. The van der Waals surface area contributed by atoms with Crippen LogP contribution in [0.5, 0.6) is 0 Å². The number of carbonyl (C=O) groups excluding carboxylic acids is 1. The minimum absolute atomic E-state index is 0.129. The van der Waals surface area contributed by atoms with E-state index in [-0.39, 0.29) is 11.8 Å². The van der Waals surface area contributed by atoms with Gasteiger partial charge in [0.2, 0.25) is 17.6 Å². The van der Waals surface area contributed by atoms with Crippen molar-refractivity contribution in [1.29, 1.82) is 0 Å². The number of nitrogens with zero attached hydrogens (tertiary/aromatic N) is 3. The minimum Gasteiger partial charge on any atom is -0.326 e. The molecule has 1 fully saturated rings. The second-order valence-corrected chi connectivity index (χ2v) is 8.94. The number of aliphatic imine (C=N–C) groups is 1. The van der Waals surface area contributed by atoms with Gasteiger partial charge in [-0.05, 0) is 56.0 Å². The maximum absolute atomic E-state index is 11.9. The monoisotopic (exact) mass is 422 g/mol. The quantitative estimate of drug-likeness (QED) is 0.537. The molecule has 30 heavy (non-hydrogen) atoms. The number of hydrogen-bond donors (Lipinski definition) is 4. The highest BCUT2D eigenvalue weighted by atomic mass is 32.2. The van der Waals surface area contributed by atoms with Crippen LogP contribution in [0.2, 0.25) is 0 Å². The zero-order valence-corrected chi connectivity index (χ0v) is 17.7. The first kappa shape index (κ1) is 19.0. The Hall–Kier alpha value is -3.04. The number of allylic oxidation sites excluding steroid dienone is 1. The number of nitrogens with one attached hydrogen (secondary N) is 4. The van der Waals surface area contributed by atoms with Crippen molar-refractivity contribution < 1.29 is 9.69 Å². The number of anilines is 2. The number of benzene rings is 1. The topological polar surface area (TPSA) is 89.9 Å². The van der Waals surface area contributed by atoms with E-state index < -0.39 is 0 Å². The maximum Gasteiger partial charge on any atom is 0.233 e. The molecule has 0 spiro atoms. The standard InChI is InChI=1S/C21H23N7OS/c1-13-9-18(26-25-13)24-20-12-27(11-19-22-10-14(2)28(19)20)30-17-7-5-16(6-8-17)23-21(29)15-3-4-15/h5-10,12,15H,3-4,11H2,1-2H3,(H,23,29)(H2,24,25,26)/p+1. The second kappa shape index (κ2) is 7.66. The molecule has 3 heterocycles. The summed E-state index contributed by atoms with van der Waals surface area (Å²) in [4.78, 5) is 18.8. The Kier molecular flexibility index (Phi) is 4.84. The molecule has 1 aromatic heterocycles. The van der Waals surface area contributed by atoms with Gasteiger partial charge in [-0.3, -0.25) is 19.5 Å². The molecule has 1 amide bonds. The summed E-state index contributed by atoms with van der Waals surface area (Å²) >= 11 is 1.64. The average molecular weight is 423 g/mol. The summed E-state index contributed by atoms with van der Waals surface area (Å²) in [5, 5.41) is 13.7. The molecule has 1 atom stereocenters. The van der Waals surface area contributed by atoms with Gasteiger partial charge in [0.05, 0.1) is 12.4 Å². The molecule has 3 aliphatic rings. The molecule has 1 saturated carbocycles. The van der Waals surface area contributed by atoms with Gasteiger partial charge in [-0.2, -0.15) is 5.10 Å². The average Bonchev–Trinajstić information content (AvgIpc) is 3.41. The first-order valence-corrected chi connectivity index (χ1v) is 10.8. The van der Waals surface area contributed by atoms with Gasteiger partial charge in [0.25, 0.3) is 0 Å². The van der Waals surface area contributed by atoms with Crippen LogP contribution < -0.4 is 15.5 Å². The smallest absolute Gasteiger partial charge is 0.233 e. The molecule has 0 saturated heterocycles. The zero-order valence-electron chi connectivity index (χ0n) is 16.9. The summed E-state index contributed by atoms with van der Waals surface area (Å²) in [6, 6.07) is 9.96. The number of amidine groups is 1. The molecule has 154 valence electrons. The van der Waals surface area contributed by atoms with Gasteiger partial charge >= 0.3 is 0 Å². The van der Waals surface area contributed by atoms with E-state index in [9.17, 15) is 4.79 Å². The lowest BCUT2D eigenvalue weighted by molar-refractivity contribution is -0.716. The van der Waals surface area contributed by atoms with Crippen molar-refractivity contribution >= 4 is 35.2 Å². The van der Waals surface area contributed by atoms with Crippen LogP contribution in [0.25, 0.3) is 0 Å². The number of aryl methyl sites for hydroxylation is 1. The van der Waals surface area contributed by atoms with Crippen LogP contribution in [-0.2, 0) is 4.79 Å². The summed E-state index contributed by atoms with van der Waals surface area (Å²) in [6.07, 6.45) is 6.04. The van der Waals surface area contributed by atoms with Crippen LogP contribution in [-0.4, -0.2) is 32.8 Å². The van der Waals surface area contributed by atoms with Gasteiger partial charge in [-0.15, -0.1) is 0 Å². The fourth-order valence-electron chi connectivity index (χ4n) is 3.52. The van der Waals surface area contributed by atoms with Crippen LogP contribution in [0.3, 0.4) is 0 Å².